The standard InChI is InChI=1S/C12H13F2N3/c1-9(10-2-5-15-6-3-10)12(8-11(13)14)4-7-16-17-12/h2-7,9,11H,8H2,1H3. The summed E-state index contributed by atoms with van der Waals surface area (Å²) in [4.78, 5) is 3.92. The van der Waals surface area contributed by atoms with Crippen LogP contribution in [0.15, 0.2) is 47.0 Å². The molecule has 0 fully saturated rings. The van der Waals surface area contributed by atoms with Crippen molar-refractivity contribution >= 4 is 0 Å². The van der Waals surface area contributed by atoms with Crippen LogP contribution < -0.4 is 0 Å². The Morgan fingerprint density at radius 1 is 1.29 bits per heavy atom. The first-order valence-electron chi connectivity index (χ1n) is 5.42. The number of halogens is 2. The van der Waals surface area contributed by atoms with Gasteiger partial charge in [0.1, 0.15) is 5.54 Å². The highest BCUT2D eigenvalue weighted by Crippen LogP contribution is 2.39. The molecule has 5 heteroatoms. The van der Waals surface area contributed by atoms with E-state index in [4.69, 9.17) is 0 Å². The predicted molar refractivity (Wildman–Crippen MR) is 60.0 cm³/mol. The summed E-state index contributed by atoms with van der Waals surface area (Å²) >= 11 is 0. The Hall–Kier alpha value is -1.65. The zero-order valence-corrected chi connectivity index (χ0v) is 9.42. The molecule has 0 radical (unpaired) electrons. The van der Waals surface area contributed by atoms with Crippen LogP contribution in [0.3, 0.4) is 0 Å². The quantitative estimate of drug-likeness (QED) is 0.788. The molecule has 90 valence electrons. The van der Waals surface area contributed by atoms with Crippen LogP contribution in [0.5, 0.6) is 0 Å². The summed E-state index contributed by atoms with van der Waals surface area (Å²) in [5.74, 6) is -0.151. The highest BCUT2D eigenvalue weighted by atomic mass is 19.3. The molecule has 0 saturated carbocycles. The van der Waals surface area contributed by atoms with Gasteiger partial charge in [-0.15, -0.1) is 0 Å². The molecule has 1 aromatic rings. The van der Waals surface area contributed by atoms with Crippen molar-refractivity contribution < 1.29 is 8.78 Å². The van der Waals surface area contributed by atoms with Gasteiger partial charge in [-0.1, -0.05) is 6.92 Å². The normalized spacial score (nSPS) is 24.5. The van der Waals surface area contributed by atoms with Gasteiger partial charge in [-0.3, -0.25) is 4.98 Å². The number of pyridine rings is 1. The zero-order chi connectivity index (χ0) is 12.3. The fourth-order valence-corrected chi connectivity index (χ4v) is 2.04. The Labute approximate surface area is 98.3 Å². The summed E-state index contributed by atoms with van der Waals surface area (Å²) in [5, 5.41) is 7.73. The third kappa shape index (κ3) is 2.38. The second kappa shape index (κ2) is 4.69. The lowest BCUT2D eigenvalue weighted by Crippen LogP contribution is -2.31. The van der Waals surface area contributed by atoms with Crippen molar-refractivity contribution in [1.82, 2.24) is 4.98 Å². The maximum Gasteiger partial charge on any atom is 0.241 e. The number of alkyl halides is 2. The molecule has 1 aliphatic rings. The maximum atomic E-state index is 12.7. The second-order valence-corrected chi connectivity index (χ2v) is 4.12. The highest BCUT2D eigenvalue weighted by Gasteiger charge is 2.39. The molecule has 0 saturated heterocycles. The first-order chi connectivity index (χ1) is 8.14. The van der Waals surface area contributed by atoms with E-state index in [0.717, 1.165) is 5.56 Å². The Kier molecular flexibility index (Phi) is 3.26. The van der Waals surface area contributed by atoms with Gasteiger partial charge in [0.15, 0.2) is 0 Å². The van der Waals surface area contributed by atoms with Crippen LogP contribution in [0.4, 0.5) is 8.78 Å². The molecule has 0 amide bonds. The van der Waals surface area contributed by atoms with E-state index in [9.17, 15) is 8.78 Å². The zero-order valence-electron chi connectivity index (χ0n) is 9.42. The number of hydrogen-bond donors (Lipinski definition) is 0. The number of rotatable bonds is 4. The molecule has 2 heterocycles. The predicted octanol–water partition coefficient (Wildman–Crippen LogP) is 3.56. The first-order valence-corrected chi connectivity index (χ1v) is 5.42. The van der Waals surface area contributed by atoms with Crippen LogP contribution in [-0.4, -0.2) is 16.9 Å². The van der Waals surface area contributed by atoms with Crippen LogP contribution in [0.1, 0.15) is 24.8 Å². The van der Waals surface area contributed by atoms with E-state index in [1.54, 1.807) is 18.5 Å². The molecule has 2 atom stereocenters. The van der Waals surface area contributed by atoms with Crippen molar-refractivity contribution in [1.29, 1.82) is 0 Å². The minimum absolute atomic E-state index is 0.151. The van der Waals surface area contributed by atoms with Crippen LogP contribution in [0.25, 0.3) is 0 Å². The third-order valence-corrected chi connectivity index (χ3v) is 3.11. The summed E-state index contributed by atoms with van der Waals surface area (Å²) in [6.45, 7) is 1.88. The SMILES string of the molecule is CC(c1ccncc1)C1(CC(F)F)C=CN=N1. The molecule has 2 unspecified atom stereocenters. The Balaban J connectivity index is 2.29. The average Bonchev–Trinajstić information content (AvgIpc) is 2.78. The molecular weight excluding hydrogens is 224 g/mol. The Morgan fingerprint density at radius 3 is 2.53 bits per heavy atom. The van der Waals surface area contributed by atoms with Gasteiger partial charge in [0.2, 0.25) is 6.43 Å². The molecule has 0 bridgehead atoms. The largest absolute Gasteiger partial charge is 0.265 e. The van der Waals surface area contributed by atoms with Gasteiger partial charge in [0.05, 0.1) is 0 Å². The minimum Gasteiger partial charge on any atom is -0.265 e. The molecule has 0 N–H and O–H groups in total. The maximum absolute atomic E-state index is 12.7. The molecule has 3 nitrogen and oxygen atoms in total. The summed E-state index contributed by atoms with van der Waals surface area (Å²) < 4.78 is 25.3. The fraction of sp³-hybridized carbons (Fsp3) is 0.417. The van der Waals surface area contributed by atoms with Gasteiger partial charge < -0.3 is 0 Å². The van der Waals surface area contributed by atoms with Crippen molar-refractivity contribution in [2.45, 2.75) is 31.2 Å². The van der Waals surface area contributed by atoms with E-state index in [1.807, 2.05) is 19.1 Å². The molecule has 0 spiro atoms. The van der Waals surface area contributed by atoms with Gasteiger partial charge in [0.25, 0.3) is 0 Å². The lowest BCUT2D eigenvalue weighted by atomic mass is 9.79. The third-order valence-electron chi connectivity index (χ3n) is 3.11. The monoisotopic (exact) mass is 237 g/mol. The second-order valence-electron chi connectivity index (χ2n) is 4.12. The van der Waals surface area contributed by atoms with E-state index in [0.29, 0.717) is 0 Å². The van der Waals surface area contributed by atoms with Crippen LogP contribution >= 0.6 is 0 Å². The molecule has 0 aliphatic carbocycles. The lowest BCUT2D eigenvalue weighted by Gasteiger charge is -2.29. The van der Waals surface area contributed by atoms with E-state index < -0.39 is 12.0 Å². The molecule has 1 aliphatic heterocycles. The van der Waals surface area contributed by atoms with Crippen molar-refractivity contribution in [3.05, 3.63) is 42.4 Å². The highest BCUT2D eigenvalue weighted by molar-refractivity contribution is 5.27. The van der Waals surface area contributed by atoms with Crippen LogP contribution in [0, 0.1) is 0 Å². The summed E-state index contributed by atoms with van der Waals surface area (Å²) in [7, 11) is 0. The van der Waals surface area contributed by atoms with E-state index in [2.05, 4.69) is 15.2 Å². The van der Waals surface area contributed by atoms with E-state index in [1.165, 1.54) is 6.20 Å². The molecule has 2 rings (SSSR count). The first kappa shape index (κ1) is 11.8. The lowest BCUT2D eigenvalue weighted by molar-refractivity contribution is 0.110. The van der Waals surface area contributed by atoms with Gasteiger partial charge in [0, 0.05) is 30.9 Å². The van der Waals surface area contributed by atoms with Crippen molar-refractivity contribution in [3.63, 3.8) is 0 Å². The minimum atomic E-state index is -2.40. The number of hydrogen-bond acceptors (Lipinski definition) is 3. The van der Waals surface area contributed by atoms with Crippen LogP contribution in [0.2, 0.25) is 0 Å². The number of aromatic nitrogens is 1. The topological polar surface area (TPSA) is 37.6 Å². The average molecular weight is 237 g/mol. The van der Waals surface area contributed by atoms with E-state index >= 15 is 0 Å². The van der Waals surface area contributed by atoms with Gasteiger partial charge in [-0.25, -0.2) is 8.78 Å². The van der Waals surface area contributed by atoms with Crippen molar-refractivity contribution in [3.8, 4) is 0 Å². The summed E-state index contributed by atoms with van der Waals surface area (Å²) in [6.07, 6.45) is 3.73. The molecule has 1 aromatic heterocycles. The number of nitrogens with zero attached hydrogens (tertiary/aromatic N) is 3. The van der Waals surface area contributed by atoms with Gasteiger partial charge in [-0.2, -0.15) is 10.2 Å². The van der Waals surface area contributed by atoms with Gasteiger partial charge >= 0.3 is 0 Å². The summed E-state index contributed by atoms with van der Waals surface area (Å²) in [6, 6.07) is 3.64. The van der Waals surface area contributed by atoms with Crippen LogP contribution in [-0.2, 0) is 0 Å². The van der Waals surface area contributed by atoms with Crippen molar-refractivity contribution in [2.24, 2.45) is 10.2 Å². The molecular formula is C12H13F2N3. The Morgan fingerprint density at radius 2 is 2.00 bits per heavy atom. The fourth-order valence-electron chi connectivity index (χ4n) is 2.04. The summed E-state index contributed by atoms with van der Waals surface area (Å²) in [5.41, 5.74) is 0.0151. The molecule has 0 aromatic carbocycles. The van der Waals surface area contributed by atoms with Gasteiger partial charge in [-0.05, 0) is 23.8 Å². The Bertz CT molecular complexity index is 417. The smallest absolute Gasteiger partial charge is 0.241 e. The van der Waals surface area contributed by atoms with Crippen molar-refractivity contribution in [2.75, 3.05) is 0 Å². The van der Waals surface area contributed by atoms with E-state index in [-0.39, 0.29) is 12.3 Å². The number of azo groups is 1. The molecule has 17 heavy (non-hydrogen) atoms.